The van der Waals surface area contributed by atoms with Gasteiger partial charge >= 0.3 is 5.97 Å². The maximum absolute atomic E-state index is 10.9. The van der Waals surface area contributed by atoms with E-state index in [1.807, 2.05) is 11.8 Å². The molecular formula is C18H34O3S. The SMILES string of the molecule is CCCC(O)CCCC/C=C\CCCCSCCC(=O)OC. The molecule has 0 spiro atoms. The third kappa shape index (κ3) is 15.9. The lowest BCUT2D eigenvalue weighted by Gasteiger charge is -2.07. The lowest BCUT2D eigenvalue weighted by atomic mass is 10.1. The fourth-order valence-electron chi connectivity index (χ4n) is 2.18. The number of methoxy groups -OCH3 is 1. The third-order valence-corrected chi connectivity index (χ3v) is 4.60. The summed E-state index contributed by atoms with van der Waals surface area (Å²) in [5.74, 6) is 1.88. The zero-order chi connectivity index (χ0) is 16.5. The van der Waals surface area contributed by atoms with Gasteiger partial charge in [-0.15, -0.1) is 0 Å². The van der Waals surface area contributed by atoms with Crippen LogP contribution >= 0.6 is 11.8 Å². The first-order valence-corrected chi connectivity index (χ1v) is 9.83. The number of carbonyl (C=O) groups excluding carboxylic acids is 1. The van der Waals surface area contributed by atoms with Gasteiger partial charge in [-0.1, -0.05) is 31.9 Å². The van der Waals surface area contributed by atoms with E-state index in [2.05, 4.69) is 23.8 Å². The number of esters is 1. The van der Waals surface area contributed by atoms with Crippen LogP contribution in [0.4, 0.5) is 0 Å². The Kier molecular flexibility index (Phi) is 16.5. The summed E-state index contributed by atoms with van der Waals surface area (Å²) < 4.78 is 4.60. The van der Waals surface area contributed by atoms with Crippen LogP contribution < -0.4 is 0 Å². The second-order valence-electron chi connectivity index (χ2n) is 5.63. The van der Waals surface area contributed by atoms with E-state index in [-0.39, 0.29) is 12.1 Å². The molecule has 0 aliphatic carbocycles. The summed E-state index contributed by atoms with van der Waals surface area (Å²) in [7, 11) is 1.44. The Bertz CT molecular complexity index is 280. The van der Waals surface area contributed by atoms with Crippen molar-refractivity contribution in [3.05, 3.63) is 12.2 Å². The monoisotopic (exact) mass is 330 g/mol. The summed E-state index contributed by atoms with van der Waals surface area (Å²) in [5, 5.41) is 9.61. The molecule has 0 aromatic rings. The van der Waals surface area contributed by atoms with Crippen LogP contribution in [0.5, 0.6) is 0 Å². The highest BCUT2D eigenvalue weighted by Gasteiger charge is 2.01. The van der Waals surface area contributed by atoms with Crippen molar-refractivity contribution in [2.75, 3.05) is 18.6 Å². The van der Waals surface area contributed by atoms with Gasteiger partial charge in [0.15, 0.2) is 0 Å². The van der Waals surface area contributed by atoms with Gasteiger partial charge in [0.25, 0.3) is 0 Å². The highest BCUT2D eigenvalue weighted by Crippen LogP contribution is 2.10. The van der Waals surface area contributed by atoms with Gasteiger partial charge in [-0.3, -0.25) is 4.79 Å². The summed E-state index contributed by atoms with van der Waals surface area (Å²) in [6, 6.07) is 0. The molecule has 130 valence electrons. The molecule has 1 unspecified atom stereocenters. The topological polar surface area (TPSA) is 46.5 Å². The highest BCUT2D eigenvalue weighted by atomic mass is 32.2. The van der Waals surface area contributed by atoms with Crippen LogP contribution in [-0.4, -0.2) is 35.8 Å². The lowest BCUT2D eigenvalue weighted by Crippen LogP contribution is -2.04. The number of thioether (sulfide) groups is 1. The Labute approximate surface area is 140 Å². The summed E-state index contributed by atoms with van der Waals surface area (Å²) in [6.07, 6.45) is 15.0. The van der Waals surface area contributed by atoms with Gasteiger partial charge in [0.2, 0.25) is 0 Å². The first kappa shape index (κ1) is 21.5. The quantitative estimate of drug-likeness (QED) is 0.268. The number of hydrogen-bond donors (Lipinski definition) is 1. The van der Waals surface area contributed by atoms with Crippen molar-refractivity contribution in [2.24, 2.45) is 0 Å². The fourth-order valence-corrected chi connectivity index (χ4v) is 3.10. The second kappa shape index (κ2) is 16.9. The number of hydrogen-bond acceptors (Lipinski definition) is 4. The van der Waals surface area contributed by atoms with Crippen molar-refractivity contribution in [3.8, 4) is 0 Å². The first-order chi connectivity index (χ1) is 10.7. The van der Waals surface area contributed by atoms with E-state index >= 15 is 0 Å². The summed E-state index contributed by atoms with van der Waals surface area (Å²) >= 11 is 1.83. The molecule has 0 saturated heterocycles. The Balaban J connectivity index is 3.19. The first-order valence-electron chi connectivity index (χ1n) is 8.68. The van der Waals surface area contributed by atoms with Crippen LogP contribution in [0.1, 0.15) is 71.1 Å². The fraction of sp³-hybridized carbons (Fsp3) is 0.833. The van der Waals surface area contributed by atoms with E-state index in [1.54, 1.807) is 0 Å². The predicted molar refractivity (Wildman–Crippen MR) is 96.3 cm³/mol. The Hall–Kier alpha value is -0.480. The standard InChI is InChI=1S/C18H34O3S/c1-3-12-17(19)13-10-8-6-4-5-7-9-11-15-22-16-14-18(20)21-2/h4-5,17,19H,3,6-16H2,1-2H3/b5-4-. The molecule has 0 aliphatic rings. The van der Waals surface area contributed by atoms with E-state index in [1.165, 1.54) is 26.4 Å². The summed E-state index contributed by atoms with van der Waals surface area (Å²) in [4.78, 5) is 10.9. The molecule has 1 N–H and O–H groups in total. The van der Waals surface area contributed by atoms with Gasteiger partial charge in [0.05, 0.1) is 19.6 Å². The summed E-state index contributed by atoms with van der Waals surface area (Å²) in [5.41, 5.74) is 0. The molecule has 0 bridgehead atoms. The van der Waals surface area contributed by atoms with Crippen LogP contribution in [0.25, 0.3) is 0 Å². The van der Waals surface area contributed by atoms with Crippen molar-refractivity contribution < 1.29 is 14.6 Å². The number of allylic oxidation sites excluding steroid dienone is 2. The van der Waals surface area contributed by atoms with E-state index in [0.717, 1.165) is 50.0 Å². The van der Waals surface area contributed by atoms with Gasteiger partial charge in [-0.05, 0) is 50.7 Å². The molecule has 1 atom stereocenters. The molecule has 0 radical (unpaired) electrons. The number of unbranched alkanes of at least 4 members (excludes halogenated alkanes) is 4. The van der Waals surface area contributed by atoms with Gasteiger partial charge in [0.1, 0.15) is 0 Å². The lowest BCUT2D eigenvalue weighted by molar-refractivity contribution is -0.140. The average Bonchev–Trinajstić information content (AvgIpc) is 2.51. The Morgan fingerprint density at radius 3 is 2.41 bits per heavy atom. The molecule has 0 aromatic heterocycles. The van der Waals surface area contributed by atoms with Crippen molar-refractivity contribution >= 4 is 17.7 Å². The van der Waals surface area contributed by atoms with Gasteiger partial charge < -0.3 is 9.84 Å². The molecule has 0 amide bonds. The van der Waals surface area contributed by atoms with Crippen LogP contribution in [0.3, 0.4) is 0 Å². The Morgan fingerprint density at radius 1 is 1.09 bits per heavy atom. The van der Waals surface area contributed by atoms with Crippen molar-refractivity contribution in [3.63, 3.8) is 0 Å². The van der Waals surface area contributed by atoms with Crippen LogP contribution in [0.15, 0.2) is 12.2 Å². The molecule has 0 saturated carbocycles. The van der Waals surface area contributed by atoms with E-state index in [0.29, 0.717) is 6.42 Å². The normalized spacial score (nSPS) is 12.7. The minimum absolute atomic E-state index is 0.0920. The number of rotatable bonds is 15. The average molecular weight is 331 g/mol. The second-order valence-corrected chi connectivity index (χ2v) is 6.86. The molecule has 3 nitrogen and oxygen atoms in total. The third-order valence-electron chi connectivity index (χ3n) is 3.53. The van der Waals surface area contributed by atoms with Gasteiger partial charge in [0, 0.05) is 5.75 Å². The molecular weight excluding hydrogens is 296 g/mol. The van der Waals surface area contributed by atoms with Crippen molar-refractivity contribution in [1.29, 1.82) is 0 Å². The number of ether oxygens (including phenoxy) is 1. The molecule has 4 heteroatoms. The number of aliphatic hydroxyl groups excluding tert-OH is 1. The smallest absolute Gasteiger partial charge is 0.306 e. The minimum atomic E-state index is -0.113. The van der Waals surface area contributed by atoms with E-state index in [9.17, 15) is 9.90 Å². The highest BCUT2D eigenvalue weighted by molar-refractivity contribution is 7.99. The van der Waals surface area contributed by atoms with Crippen LogP contribution in [0.2, 0.25) is 0 Å². The van der Waals surface area contributed by atoms with E-state index < -0.39 is 0 Å². The molecule has 0 heterocycles. The maximum atomic E-state index is 10.9. The van der Waals surface area contributed by atoms with E-state index in [4.69, 9.17) is 0 Å². The zero-order valence-electron chi connectivity index (χ0n) is 14.4. The minimum Gasteiger partial charge on any atom is -0.469 e. The Morgan fingerprint density at radius 2 is 1.77 bits per heavy atom. The maximum Gasteiger partial charge on any atom is 0.306 e. The largest absolute Gasteiger partial charge is 0.469 e. The van der Waals surface area contributed by atoms with Crippen molar-refractivity contribution in [1.82, 2.24) is 0 Å². The van der Waals surface area contributed by atoms with Crippen LogP contribution in [-0.2, 0) is 9.53 Å². The van der Waals surface area contributed by atoms with Crippen molar-refractivity contribution in [2.45, 2.75) is 77.2 Å². The zero-order valence-corrected chi connectivity index (χ0v) is 15.2. The molecule has 0 aliphatic heterocycles. The molecule has 0 fully saturated rings. The number of aliphatic hydroxyl groups is 1. The molecule has 0 rings (SSSR count). The molecule has 0 aromatic carbocycles. The van der Waals surface area contributed by atoms with Gasteiger partial charge in [-0.2, -0.15) is 11.8 Å². The van der Waals surface area contributed by atoms with Gasteiger partial charge in [-0.25, -0.2) is 0 Å². The summed E-state index contributed by atoms with van der Waals surface area (Å²) in [6.45, 7) is 2.11. The number of carbonyl (C=O) groups is 1. The van der Waals surface area contributed by atoms with Crippen LogP contribution in [0, 0.1) is 0 Å². The molecule has 22 heavy (non-hydrogen) atoms. The predicted octanol–water partition coefficient (Wildman–Crippen LogP) is 4.73.